The van der Waals surface area contributed by atoms with Gasteiger partial charge in [-0.05, 0) is 43.2 Å². The van der Waals surface area contributed by atoms with E-state index < -0.39 is 10.0 Å². The van der Waals surface area contributed by atoms with Crippen LogP contribution in [0, 0.1) is 0 Å². The first-order valence-corrected chi connectivity index (χ1v) is 10.2. The van der Waals surface area contributed by atoms with Gasteiger partial charge in [0.05, 0.1) is 4.90 Å². The first-order chi connectivity index (χ1) is 9.97. The molecule has 0 radical (unpaired) electrons. The van der Waals surface area contributed by atoms with E-state index in [0.717, 1.165) is 24.8 Å². The van der Waals surface area contributed by atoms with E-state index >= 15 is 0 Å². The molecule has 1 aliphatic carbocycles. The Morgan fingerprint density at radius 1 is 1.33 bits per heavy atom. The van der Waals surface area contributed by atoms with Crippen LogP contribution in [0.5, 0.6) is 0 Å². The predicted octanol–water partition coefficient (Wildman–Crippen LogP) is 2.78. The van der Waals surface area contributed by atoms with Crippen molar-refractivity contribution in [1.29, 1.82) is 0 Å². The molecule has 0 spiro atoms. The van der Waals surface area contributed by atoms with E-state index in [1.807, 2.05) is 6.92 Å². The number of nitrogens with one attached hydrogen (secondary N) is 1. The van der Waals surface area contributed by atoms with E-state index in [1.54, 1.807) is 30.0 Å². The third-order valence-electron chi connectivity index (χ3n) is 4.07. The smallest absolute Gasteiger partial charge is 0.241 e. The highest BCUT2D eigenvalue weighted by molar-refractivity contribution is 7.99. The van der Waals surface area contributed by atoms with Gasteiger partial charge in [-0.3, -0.25) is 0 Å². The van der Waals surface area contributed by atoms with Crippen molar-refractivity contribution in [2.24, 2.45) is 0 Å². The van der Waals surface area contributed by atoms with E-state index in [-0.39, 0.29) is 6.04 Å². The average Bonchev–Trinajstić information content (AvgIpc) is 2.47. The van der Waals surface area contributed by atoms with Gasteiger partial charge in [0, 0.05) is 17.0 Å². The van der Waals surface area contributed by atoms with Crippen molar-refractivity contribution >= 4 is 27.5 Å². The molecule has 1 aliphatic rings. The third-order valence-corrected chi connectivity index (χ3v) is 6.82. The molecule has 21 heavy (non-hydrogen) atoms. The van der Waals surface area contributed by atoms with Gasteiger partial charge in [0.1, 0.15) is 0 Å². The molecular weight excluding hydrogens is 304 g/mol. The van der Waals surface area contributed by atoms with Crippen molar-refractivity contribution < 1.29 is 8.42 Å². The lowest BCUT2D eigenvalue weighted by Crippen LogP contribution is -2.43. The first-order valence-electron chi connectivity index (χ1n) is 7.41. The third kappa shape index (κ3) is 3.93. The molecule has 6 heteroatoms. The van der Waals surface area contributed by atoms with Crippen LogP contribution in [0.25, 0.3) is 0 Å². The molecule has 0 heterocycles. The van der Waals surface area contributed by atoms with Crippen LogP contribution in [0.1, 0.15) is 38.2 Å². The topological polar surface area (TPSA) is 72.2 Å². The molecule has 0 bridgehead atoms. The lowest BCUT2D eigenvalue weighted by molar-refractivity contribution is 0.423. The van der Waals surface area contributed by atoms with Crippen LogP contribution in [0.15, 0.2) is 23.1 Å². The Balaban J connectivity index is 2.27. The second kappa shape index (κ2) is 7.03. The summed E-state index contributed by atoms with van der Waals surface area (Å²) in [6, 6.07) is 5.14. The number of hydrogen-bond acceptors (Lipinski definition) is 4. The molecule has 1 saturated carbocycles. The Morgan fingerprint density at radius 3 is 2.71 bits per heavy atom. The van der Waals surface area contributed by atoms with Gasteiger partial charge in [0.15, 0.2) is 0 Å². The summed E-state index contributed by atoms with van der Waals surface area (Å²) in [5, 5.41) is 0.361. The maximum absolute atomic E-state index is 12.7. The van der Waals surface area contributed by atoms with Gasteiger partial charge in [-0.15, -0.1) is 0 Å². The second-order valence-electron chi connectivity index (χ2n) is 5.51. The number of sulfonamides is 1. The number of benzene rings is 1. The number of anilines is 1. The summed E-state index contributed by atoms with van der Waals surface area (Å²) < 4.78 is 28.3. The van der Waals surface area contributed by atoms with E-state index in [4.69, 9.17) is 5.73 Å². The first kappa shape index (κ1) is 16.6. The Morgan fingerprint density at radius 2 is 2.05 bits per heavy atom. The molecule has 0 amide bonds. The lowest BCUT2D eigenvalue weighted by atomic mass is 9.96. The van der Waals surface area contributed by atoms with Crippen molar-refractivity contribution in [2.45, 2.75) is 55.2 Å². The summed E-state index contributed by atoms with van der Waals surface area (Å²) in [5.74, 6) is 0. The quantitative estimate of drug-likeness (QED) is 0.815. The zero-order valence-corrected chi connectivity index (χ0v) is 14.3. The van der Waals surface area contributed by atoms with Gasteiger partial charge in [0.2, 0.25) is 10.0 Å². The summed E-state index contributed by atoms with van der Waals surface area (Å²) in [6.07, 6.45) is 6.98. The van der Waals surface area contributed by atoms with Crippen LogP contribution < -0.4 is 10.5 Å². The van der Waals surface area contributed by atoms with Gasteiger partial charge in [-0.1, -0.05) is 25.8 Å². The number of aryl methyl sites for hydroxylation is 1. The van der Waals surface area contributed by atoms with Crippen molar-refractivity contribution in [3.05, 3.63) is 23.8 Å². The summed E-state index contributed by atoms with van der Waals surface area (Å²) in [5.41, 5.74) is 7.07. The summed E-state index contributed by atoms with van der Waals surface area (Å²) >= 11 is 1.75. The lowest BCUT2D eigenvalue weighted by Gasteiger charge is -2.30. The molecule has 1 aromatic carbocycles. The highest BCUT2D eigenvalue weighted by Crippen LogP contribution is 2.29. The molecule has 0 aliphatic heterocycles. The fourth-order valence-corrected chi connectivity index (χ4v) is 5.57. The van der Waals surface area contributed by atoms with Crippen LogP contribution in [0.2, 0.25) is 0 Å². The molecule has 1 aromatic rings. The summed E-state index contributed by atoms with van der Waals surface area (Å²) in [6.45, 7) is 1.95. The molecule has 2 atom stereocenters. The number of nitrogen functional groups attached to an aromatic ring is 1. The monoisotopic (exact) mass is 328 g/mol. The van der Waals surface area contributed by atoms with Crippen molar-refractivity contribution in [1.82, 2.24) is 4.72 Å². The number of hydrogen-bond donors (Lipinski definition) is 2. The zero-order valence-electron chi connectivity index (χ0n) is 12.6. The van der Waals surface area contributed by atoms with Crippen molar-refractivity contribution in [2.75, 3.05) is 12.0 Å². The van der Waals surface area contributed by atoms with Gasteiger partial charge in [-0.25, -0.2) is 13.1 Å². The van der Waals surface area contributed by atoms with Gasteiger partial charge in [-0.2, -0.15) is 11.8 Å². The maximum Gasteiger partial charge on any atom is 0.241 e. The molecular formula is C15H24N2O2S2. The van der Waals surface area contributed by atoms with Gasteiger partial charge < -0.3 is 5.73 Å². The van der Waals surface area contributed by atoms with Gasteiger partial charge in [0.25, 0.3) is 0 Å². The van der Waals surface area contributed by atoms with Crippen LogP contribution in [-0.4, -0.2) is 26.0 Å². The molecule has 118 valence electrons. The number of rotatable bonds is 5. The normalized spacial score (nSPS) is 23.1. The van der Waals surface area contributed by atoms with E-state index in [2.05, 4.69) is 11.0 Å². The minimum Gasteiger partial charge on any atom is -0.399 e. The molecule has 2 rings (SSSR count). The fraction of sp³-hybridized carbons (Fsp3) is 0.600. The highest BCUT2D eigenvalue weighted by atomic mass is 32.2. The van der Waals surface area contributed by atoms with E-state index in [1.165, 1.54) is 6.42 Å². The summed E-state index contributed by atoms with van der Waals surface area (Å²) in [4.78, 5) is 0.329. The second-order valence-corrected chi connectivity index (χ2v) is 8.27. The fourth-order valence-electron chi connectivity index (χ4n) is 2.89. The Bertz CT molecular complexity index is 587. The Labute approximate surface area is 131 Å². The number of thioether (sulfide) groups is 1. The minimum absolute atomic E-state index is 0.0184. The Kier molecular flexibility index (Phi) is 5.57. The van der Waals surface area contributed by atoms with E-state index in [0.29, 0.717) is 22.3 Å². The van der Waals surface area contributed by atoms with Crippen molar-refractivity contribution in [3.63, 3.8) is 0 Å². The van der Waals surface area contributed by atoms with Crippen LogP contribution >= 0.6 is 11.8 Å². The predicted molar refractivity (Wildman–Crippen MR) is 90.1 cm³/mol. The van der Waals surface area contributed by atoms with E-state index in [9.17, 15) is 8.42 Å². The molecule has 4 nitrogen and oxygen atoms in total. The van der Waals surface area contributed by atoms with Crippen LogP contribution in [0.4, 0.5) is 5.69 Å². The molecule has 0 aromatic heterocycles. The largest absolute Gasteiger partial charge is 0.399 e. The average molecular weight is 329 g/mol. The maximum atomic E-state index is 12.7. The Hall–Kier alpha value is -0.720. The zero-order chi connectivity index (χ0) is 15.5. The van der Waals surface area contributed by atoms with Gasteiger partial charge >= 0.3 is 0 Å². The highest BCUT2D eigenvalue weighted by Gasteiger charge is 2.29. The molecule has 0 saturated heterocycles. The van der Waals surface area contributed by atoms with Crippen LogP contribution in [0.3, 0.4) is 0 Å². The van der Waals surface area contributed by atoms with Crippen molar-refractivity contribution in [3.8, 4) is 0 Å². The molecule has 3 N–H and O–H groups in total. The van der Waals surface area contributed by atoms with Crippen LogP contribution in [-0.2, 0) is 16.4 Å². The number of nitrogens with two attached hydrogens (primary N) is 1. The summed E-state index contributed by atoms with van der Waals surface area (Å²) in [7, 11) is -3.51. The molecule has 1 fully saturated rings. The standard InChI is InChI=1S/C15H24N2O2S2/c1-3-11-8-9-12(16)10-15(11)21(18,19)17-13-6-4-5-7-14(13)20-2/h8-10,13-14,17H,3-7,16H2,1-2H3. The SMILES string of the molecule is CCc1ccc(N)cc1S(=O)(=O)NC1CCCCC1SC. The molecule has 2 unspecified atom stereocenters. The minimum atomic E-state index is -3.51.